The van der Waals surface area contributed by atoms with E-state index in [2.05, 4.69) is 21.9 Å². The Morgan fingerprint density at radius 2 is 1.86 bits per heavy atom. The van der Waals surface area contributed by atoms with Crippen molar-refractivity contribution in [2.45, 2.75) is 11.8 Å². The van der Waals surface area contributed by atoms with Gasteiger partial charge in [-0.15, -0.1) is 6.58 Å². The molecule has 0 aliphatic heterocycles. The highest BCUT2D eigenvalue weighted by atomic mass is 32.2. The van der Waals surface area contributed by atoms with Gasteiger partial charge < -0.3 is 15.4 Å². The van der Waals surface area contributed by atoms with Crippen LogP contribution in [0.25, 0.3) is 0 Å². The molecule has 0 saturated heterocycles. The fourth-order valence-electron chi connectivity index (χ4n) is 2.29. The first-order valence-corrected chi connectivity index (χ1v) is 10.4. The lowest BCUT2D eigenvalue weighted by atomic mass is 10.2. The number of ether oxygens (including phenoxy) is 1. The quantitative estimate of drug-likeness (QED) is 0.511. The highest BCUT2D eigenvalue weighted by Gasteiger charge is 2.15. The van der Waals surface area contributed by atoms with Crippen molar-refractivity contribution in [3.63, 3.8) is 0 Å². The number of benzene rings is 2. The monoisotopic (exact) mass is 417 g/mol. The lowest BCUT2D eigenvalue weighted by Crippen LogP contribution is -2.28. The smallest absolute Gasteiger partial charge is 0.257 e. The van der Waals surface area contributed by atoms with E-state index >= 15 is 0 Å². The molecular weight excluding hydrogens is 394 g/mol. The van der Waals surface area contributed by atoms with E-state index < -0.39 is 15.9 Å². The number of rotatable bonds is 10. The van der Waals surface area contributed by atoms with Gasteiger partial charge in [-0.2, -0.15) is 0 Å². The molecule has 0 unspecified atom stereocenters. The number of hydrogen-bond donors (Lipinski definition) is 3. The molecule has 0 heterocycles. The molecule has 0 bridgehead atoms. The van der Waals surface area contributed by atoms with E-state index in [1.165, 1.54) is 30.3 Å². The van der Waals surface area contributed by atoms with E-state index in [0.717, 1.165) is 0 Å². The molecule has 29 heavy (non-hydrogen) atoms. The molecule has 0 spiro atoms. The zero-order valence-corrected chi connectivity index (χ0v) is 16.8. The van der Waals surface area contributed by atoms with Gasteiger partial charge in [-0.1, -0.05) is 12.1 Å². The van der Waals surface area contributed by atoms with Gasteiger partial charge in [0, 0.05) is 24.3 Å². The Morgan fingerprint density at radius 3 is 2.52 bits per heavy atom. The first kappa shape index (κ1) is 22.1. The molecule has 8 nitrogen and oxygen atoms in total. The van der Waals surface area contributed by atoms with Crippen LogP contribution in [0.2, 0.25) is 0 Å². The summed E-state index contributed by atoms with van der Waals surface area (Å²) in [6.07, 6.45) is 1.43. The maximum Gasteiger partial charge on any atom is 0.257 e. The Kier molecular flexibility index (Phi) is 7.93. The second-order valence-corrected chi connectivity index (χ2v) is 7.66. The summed E-state index contributed by atoms with van der Waals surface area (Å²) in [5.41, 5.74) is 0.696. The highest BCUT2D eigenvalue weighted by molar-refractivity contribution is 7.89. The van der Waals surface area contributed by atoms with E-state index in [9.17, 15) is 18.0 Å². The van der Waals surface area contributed by atoms with Crippen molar-refractivity contribution in [2.24, 2.45) is 0 Å². The summed E-state index contributed by atoms with van der Waals surface area (Å²) in [5, 5.41) is 5.31. The van der Waals surface area contributed by atoms with E-state index in [4.69, 9.17) is 4.74 Å². The molecule has 3 N–H and O–H groups in total. The van der Waals surface area contributed by atoms with Crippen molar-refractivity contribution < 1.29 is 22.7 Å². The van der Waals surface area contributed by atoms with Gasteiger partial charge in [0.25, 0.3) is 11.8 Å². The van der Waals surface area contributed by atoms with Gasteiger partial charge in [0.2, 0.25) is 10.0 Å². The average molecular weight is 417 g/mol. The van der Waals surface area contributed by atoms with Gasteiger partial charge in [0.1, 0.15) is 5.75 Å². The van der Waals surface area contributed by atoms with Gasteiger partial charge in [-0.3, -0.25) is 9.59 Å². The fourth-order valence-corrected chi connectivity index (χ4v) is 3.34. The number of sulfonamides is 1. The maximum absolute atomic E-state index is 12.5. The molecule has 0 fully saturated rings. The molecule has 2 aromatic carbocycles. The predicted molar refractivity (Wildman–Crippen MR) is 110 cm³/mol. The third-order valence-corrected chi connectivity index (χ3v) is 5.10. The number of anilines is 1. The highest BCUT2D eigenvalue weighted by Crippen LogP contribution is 2.17. The summed E-state index contributed by atoms with van der Waals surface area (Å²) in [6.45, 7) is 5.80. The van der Waals surface area contributed by atoms with E-state index in [0.29, 0.717) is 18.0 Å². The van der Waals surface area contributed by atoms with Gasteiger partial charge in [-0.25, -0.2) is 13.1 Å². The number of carbonyl (C=O) groups is 2. The zero-order chi connectivity index (χ0) is 21.3. The lowest BCUT2D eigenvalue weighted by molar-refractivity contribution is -0.122. The minimum atomic E-state index is -3.72. The summed E-state index contributed by atoms with van der Waals surface area (Å²) in [7, 11) is -3.72. The standard InChI is InChI=1S/C20H23N3O5S/c1-3-12-22-29(26,27)18-7-5-6-15(13-18)20(25)23-16-8-10-17(11-9-16)28-14-19(24)21-4-2/h3,5-11,13,22H,1,4,12,14H2,2H3,(H,21,24)(H,23,25). The van der Waals surface area contributed by atoms with Crippen LogP contribution in [-0.2, 0) is 14.8 Å². The van der Waals surface area contributed by atoms with Crippen LogP contribution in [0, 0.1) is 0 Å². The van der Waals surface area contributed by atoms with Crippen molar-refractivity contribution in [2.75, 3.05) is 25.0 Å². The molecule has 0 radical (unpaired) electrons. The number of nitrogens with one attached hydrogen (secondary N) is 3. The Labute approximate surface area is 170 Å². The Balaban J connectivity index is 2.02. The third kappa shape index (κ3) is 6.74. The zero-order valence-electron chi connectivity index (χ0n) is 16.0. The molecule has 2 aromatic rings. The van der Waals surface area contributed by atoms with Crippen molar-refractivity contribution in [1.29, 1.82) is 0 Å². The van der Waals surface area contributed by atoms with E-state index in [-0.39, 0.29) is 29.5 Å². The van der Waals surface area contributed by atoms with Crippen molar-refractivity contribution in [3.05, 3.63) is 66.7 Å². The third-order valence-electron chi connectivity index (χ3n) is 3.68. The van der Waals surface area contributed by atoms with Crippen LogP contribution in [-0.4, -0.2) is 39.9 Å². The van der Waals surface area contributed by atoms with Crippen LogP contribution in [0.3, 0.4) is 0 Å². The van der Waals surface area contributed by atoms with Crippen molar-refractivity contribution >= 4 is 27.5 Å². The van der Waals surface area contributed by atoms with Crippen LogP contribution >= 0.6 is 0 Å². The number of carbonyl (C=O) groups excluding carboxylic acids is 2. The van der Waals surface area contributed by atoms with E-state index in [1.807, 2.05) is 6.92 Å². The molecule has 2 rings (SSSR count). The Hall–Kier alpha value is -3.17. The minimum absolute atomic E-state index is 0.0129. The van der Waals surface area contributed by atoms with Crippen LogP contribution in [0.4, 0.5) is 5.69 Å². The van der Waals surface area contributed by atoms with Crippen LogP contribution in [0.1, 0.15) is 17.3 Å². The topological polar surface area (TPSA) is 114 Å². The Bertz CT molecular complexity index is 972. The summed E-state index contributed by atoms with van der Waals surface area (Å²) >= 11 is 0. The second-order valence-electron chi connectivity index (χ2n) is 5.89. The molecule has 0 aliphatic rings. The van der Waals surface area contributed by atoms with Gasteiger partial charge >= 0.3 is 0 Å². The largest absolute Gasteiger partial charge is 0.484 e. The summed E-state index contributed by atoms with van der Waals surface area (Å²) in [5.74, 6) is -0.195. The molecule has 9 heteroatoms. The number of amides is 2. The van der Waals surface area contributed by atoms with Gasteiger partial charge in [-0.05, 0) is 49.4 Å². The minimum Gasteiger partial charge on any atom is -0.484 e. The van der Waals surface area contributed by atoms with Crippen molar-refractivity contribution in [3.8, 4) is 5.75 Å². The normalized spacial score (nSPS) is 10.8. The Morgan fingerprint density at radius 1 is 1.14 bits per heavy atom. The summed E-state index contributed by atoms with van der Waals surface area (Å²) in [6, 6.07) is 12.2. The first-order chi connectivity index (χ1) is 13.9. The number of hydrogen-bond acceptors (Lipinski definition) is 5. The summed E-state index contributed by atoms with van der Waals surface area (Å²) in [4.78, 5) is 23.8. The molecule has 0 saturated carbocycles. The first-order valence-electron chi connectivity index (χ1n) is 8.87. The van der Waals surface area contributed by atoms with Crippen LogP contribution < -0.4 is 20.1 Å². The molecule has 2 amide bonds. The predicted octanol–water partition coefficient (Wildman–Crippen LogP) is 1.92. The molecule has 0 aromatic heterocycles. The molecule has 0 atom stereocenters. The van der Waals surface area contributed by atoms with Crippen molar-refractivity contribution in [1.82, 2.24) is 10.0 Å². The fraction of sp³-hybridized carbons (Fsp3) is 0.200. The maximum atomic E-state index is 12.5. The second kappa shape index (κ2) is 10.4. The van der Waals surface area contributed by atoms with Crippen LogP contribution in [0.15, 0.2) is 66.1 Å². The average Bonchev–Trinajstić information content (AvgIpc) is 2.72. The molecular formula is C20H23N3O5S. The molecule has 0 aliphatic carbocycles. The van der Waals surface area contributed by atoms with Gasteiger partial charge in [0.15, 0.2) is 6.61 Å². The van der Waals surface area contributed by atoms with E-state index in [1.54, 1.807) is 24.3 Å². The van der Waals surface area contributed by atoms with Gasteiger partial charge in [0.05, 0.1) is 4.90 Å². The SMILES string of the molecule is C=CCNS(=O)(=O)c1cccc(C(=O)Nc2ccc(OCC(=O)NCC)cc2)c1. The molecule has 154 valence electrons. The number of likely N-dealkylation sites (N-methyl/N-ethyl adjacent to an activating group) is 1. The lowest BCUT2D eigenvalue weighted by Gasteiger charge is -2.09. The summed E-state index contributed by atoms with van der Waals surface area (Å²) < 4.78 is 32.1. The van der Waals surface area contributed by atoms with Crippen LogP contribution in [0.5, 0.6) is 5.75 Å².